The minimum Gasteiger partial charge on any atom is -0.493 e. The van der Waals surface area contributed by atoms with E-state index >= 15 is 0 Å². The molecule has 0 fully saturated rings. The first-order valence-corrected chi connectivity index (χ1v) is 10.9. The zero-order valence-corrected chi connectivity index (χ0v) is 18.5. The van der Waals surface area contributed by atoms with Gasteiger partial charge in [-0.05, 0) is 55.7 Å². The first-order chi connectivity index (χ1) is 15.6. The Bertz CT molecular complexity index is 1180. The molecule has 1 amide bonds. The van der Waals surface area contributed by atoms with Crippen molar-refractivity contribution in [3.8, 4) is 5.75 Å². The highest BCUT2D eigenvalue weighted by atomic mass is 16.5. The molecule has 0 unspecified atom stereocenters. The number of benzene rings is 2. The molecule has 2 aromatic heterocycles. The zero-order valence-electron chi connectivity index (χ0n) is 18.5. The van der Waals surface area contributed by atoms with E-state index in [1.165, 1.54) is 0 Å². The minimum absolute atomic E-state index is 0.0999. The Balaban J connectivity index is 1.39. The molecule has 0 radical (unpaired) electrons. The molecular formula is C26H28N4O2. The zero-order chi connectivity index (χ0) is 22.3. The fourth-order valence-electron chi connectivity index (χ4n) is 3.88. The van der Waals surface area contributed by atoms with Gasteiger partial charge in [-0.15, -0.1) is 0 Å². The summed E-state index contributed by atoms with van der Waals surface area (Å²) in [5.74, 6) is 1.84. The summed E-state index contributed by atoms with van der Waals surface area (Å²) < 4.78 is 8.32. The SMILES string of the molecule is Cc1cccc(C)c1OCCCn1c(CCNC(=O)c2ccncc2)nc2ccccc21. The second kappa shape index (κ2) is 10.1. The van der Waals surface area contributed by atoms with Crippen LogP contribution < -0.4 is 10.1 Å². The standard InChI is InChI=1S/C26H28N4O2/c1-19-7-5-8-20(2)25(19)32-18-6-17-30-23-10-4-3-9-22(23)29-24(30)13-16-28-26(31)21-11-14-27-15-12-21/h3-5,7-12,14-15H,6,13,16-18H2,1-2H3,(H,28,31). The second-order valence-electron chi connectivity index (χ2n) is 7.83. The number of amides is 1. The molecule has 0 aliphatic heterocycles. The number of fused-ring (bicyclic) bond motifs is 1. The number of rotatable bonds is 9. The van der Waals surface area contributed by atoms with Crippen LogP contribution in [-0.4, -0.2) is 33.6 Å². The molecule has 2 aromatic carbocycles. The lowest BCUT2D eigenvalue weighted by Gasteiger charge is -2.13. The summed E-state index contributed by atoms with van der Waals surface area (Å²) in [4.78, 5) is 21.1. The highest BCUT2D eigenvalue weighted by Gasteiger charge is 2.12. The number of para-hydroxylation sites is 3. The minimum atomic E-state index is -0.0999. The van der Waals surface area contributed by atoms with E-state index in [-0.39, 0.29) is 5.91 Å². The van der Waals surface area contributed by atoms with E-state index in [4.69, 9.17) is 9.72 Å². The molecule has 0 aliphatic rings. The lowest BCUT2D eigenvalue weighted by molar-refractivity contribution is 0.0954. The molecule has 0 spiro atoms. The van der Waals surface area contributed by atoms with Gasteiger partial charge in [0, 0.05) is 37.5 Å². The third-order valence-electron chi connectivity index (χ3n) is 5.49. The van der Waals surface area contributed by atoms with Crippen molar-refractivity contribution in [2.75, 3.05) is 13.2 Å². The van der Waals surface area contributed by atoms with Gasteiger partial charge in [0.15, 0.2) is 0 Å². The molecule has 32 heavy (non-hydrogen) atoms. The molecule has 0 saturated heterocycles. The van der Waals surface area contributed by atoms with Gasteiger partial charge >= 0.3 is 0 Å². The summed E-state index contributed by atoms with van der Waals surface area (Å²) in [6.07, 6.45) is 4.76. The first kappa shape index (κ1) is 21.6. The Hall–Kier alpha value is -3.67. The van der Waals surface area contributed by atoms with E-state index in [1.807, 2.05) is 18.2 Å². The smallest absolute Gasteiger partial charge is 0.251 e. The van der Waals surface area contributed by atoms with Crippen LogP contribution >= 0.6 is 0 Å². The van der Waals surface area contributed by atoms with E-state index in [9.17, 15) is 4.79 Å². The predicted molar refractivity (Wildman–Crippen MR) is 126 cm³/mol. The van der Waals surface area contributed by atoms with Crippen LogP contribution in [0.15, 0.2) is 67.0 Å². The van der Waals surface area contributed by atoms with Crippen molar-refractivity contribution in [2.24, 2.45) is 0 Å². The molecular weight excluding hydrogens is 400 g/mol. The van der Waals surface area contributed by atoms with Crippen LogP contribution in [0.25, 0.3) is 11.0 Å². The van der Waals surface area contributed by atoms with Gasteiger partial charge in [0.1, 0.15) is 11.6 Å². The van der Waals surface area contributed by atoms with E-state index in [0.717, 1.165) is 46.7 Å². The Kier molecular flexibility index (Phi) is 6.80. The summed E-state index contributed by atoms with van der Waals surface area (Å²) in [6, 6.07) is 17.8. The molecule has 0 atom stereocenters. The molecule has 0 bridgehead atoms. The average molecular weight is 429 g/mol. The Labute approximate surface area is 188 Å². The largest absolute Gasteiger partial charge is 0.493 e. The predicted octanol–water partition coefficient (Wildman–Crippen LogP) is 4.49. The second-order valence-corrected chi connectivity index (χ2v) is 7.83. The van der Waals surface area contributed by atoms with Gasteiger partial charge in [-0.2, -0.15) is 0 Å². The first-order valence-electron chi connectivity index (χ1n) is 10.9. The maximum absolute atomic E-state index is 12.3. The number of hydrogen-bond donors (Lipinski definition) is 1. The molecule has 4 aromatic rings. The number of ether oxygens (including phenoxy) is 1. The maximum atomic E-state index is 12.3. The van der Waals surface area contributed by atoms with Gasteiger partial charge in [0.25, 0.3) is 5.91 Å². The lowest BCUT2D eigenvalue weighted by atomic mass is 10.1. The van der Waals surface area contributed by atoms with Crippen molar-refractivity contribution in [1.29, 1.82) is 0 Å². The number of carbonyl (C=O) groups excluding carboxylic acids is 1. The third kappa shape index (κ3) is 4.97. The van der Waals surface area contributed by atoms with Crippen molar-refractivity contribution in [2.45, 2.75) is 33.2 Å². The summed E-state index contributed by atoms with van der Waals surface area (Å²) in [5, 5.41) is 2.98. The number of hydrogen-bond acceptors (Lipinski definition) is 4. The van der Waals surface area contributed by atoms with Gasteiger partial charge < -0.3 is 14.6 Å². The van der Waals surface area contributed by atoms with Crippen LogP contribution in [0.2, 0.25) is 0 Å². The van der Waals surface area contributed by atoms with Gasteiger partial charge in [0.2, 0.25) is 0 Å². The molecule has 4 rings (SSSR count). The van der Waals surface area contributed by atoms with Crippen molar-refractivity contribution < 1.29 is 9.53 Å². The number of aryl methyl sites for hydroxylation is 3. The topological polar surface area (TPSA) is 69.0 Å². The monoisotopic (exact) mass is 428 g/mol. The maximum Gasteiger partial charge on any atom is 0.251 e. The summed E-state index contributed by atoms with van der Waals surface area (Å²) in [6.45, 7) is 6.10. The number of aromatic nitrogens is 3. The van der Waals surface area contributed by atoms with E-state index < -0.39 is 0 Å². The van der Waals surface area contributed by atoms with Gasteiger partial charge in [-0.3, -0.25) is 9.78 Å². The van der Waals surface area contributed by atoms with Crippen molar-refractivity contribution in [3.63, 3.8) is 0 Å². The summed E-state index contributed by atoms with van der Waals surface area (Å²) >= 11 is 0. The quantitative estimate of drug-likeness (QED) is 0.399. The van der Waals surface area contributed by atoms with Crippen molar-refractivity contribution in [3.05, 3.63) is 89.5 Å². The summed E-state index contributed by atoms with van der Waals surface area (Å²) in [7, 11) is 0. The van der Waals surface area contributed by atoms with Gasteiger partial charge in [-0.1, -0.05) is 30.3 Å². The molecule has 2 heterocycles. The number of carbonyl (C=O) groups is 1. The molecule has 6 heteroatoms. The molecule has 0 saturated carbocycles. The van der Waals surface area contributed by atoms with E-state index in [0.29, 0.717) is 25.1 Å². The number of nitrogens with one attached hydrogen (secondary N) is 1. The molecule has 0 aliphatic carbocycles. The Morgan fingerprint density at radius 1 is 1.00 bits per heavy atom. The Morgan fingerprint density at radius 3 is 2.53 bits per heavy atom. The lowest BCUT2D eigenvalue weighted by Crippen LogP contribution is -2.26. The van der Waals surface area contributed by atoms with Crippen LogP contribution in [0.4, 0.5) is 0 Å². The Morgan fingerprint density at radius 2 is 1.75 bits per heavy atom. The highest BCUT2D eigenvalue weighted by Crippen LogP contribution is 2.23. The van der Waals surface area contributed by atoms with Gasteiger partial charge in [0.05, 0.1) is 17.6 Å². The normalized spacial score (nSPS) is 10.9. The van der Waals surface area contributed by atoms with Crippen LogP contribution in [0.5, 0.6) is 5.75 Å². The van der Waals surface area contributed by atoms with Crippen molar-refractivity contribution >= 4 is 16.9 Å². The average Bonchev–Trinajstić information content (AvgIpc) is 3.16. The molecule has 164 valence electrons. The van der Waals surface area contributed by atoms with Crippen LogP contribution in [0, 0.1) is 13.8 Å². The van der Waals surface area contributed by atoms with Crippen molar-refractivity contribution in [1.82, 2.24) is 19.9 Å². The number of imidazole rings is 1. The van der Waals surface area contributed by atoms with E-state index in [2.05, 4.69) is 53.0 Å². The highest BCUT2D eigenvalue weighted by molar-refractivity contribution is 5.93. The number of nitrogens with zero attached hydrogens (tertiary/aromatic N) is 3. The summed E-state index contributed by atoms with van der Waals surface area (Å²) in [5.41, 5.74) is 5.00. The van der Waals surface area contributed by atoms with Gasteiger partial charge in [-0.25, -0.2) is 4.98 Å². The number of pyridine rings is 1. The van der Waals surface area contributed by atoms with E-state index in [1.54, 1.807) is 24.5 Å². The van der Waals surface area contributed by atoms with Crippen LogP contribution in [0.1, 0.15) is 33.7 Å². The third-order valence-corrected chi connectivity index (χ3v) is 5.49. The van der Waals surface area contributed by atoms with Crippen LogP contribution in [-0.2, 0) is 13.0 Å². The molecule has 1 N–H and O–H groups in total. The van der Waals surface area contributed by atoms with Crippen LogP contribution in [0.3, 0.4) is 0 Å². The molecule has 6 nitrogen and oxygen atoms in total. The fourth-order valence-corrected chi connectivity index (χ4v) is 3.88. The fraction of sp³-hybridized carbons (Fsp3) is 0.269.